The van der Waals surface area contributed by atoms with Crippen LogP contribution in [0, 0.1) is 12.3 Å². The van der Waals surface area contributed by atoms with Gasteiger partial charge >= 0.3 is 0 Å². The number of para-hydroxylation sites is 1. The predicted molar refractivity (Wildman–Crippen MR) is 95.7 cm³/mol. The first-order valence-corrected chi connectivity index (χ1v) is 10.0. The van der Waals surface area contributed by atoms with Gasteiger partial charge in [0.2, 0.25) is 10.0 Å². The minimum absolute atomic E-state index is 0.00833. The first-order chi connectivity index (χ1) is 11.2. The lowest BCUT2D eigenvalue weighted by Crippen LogP contribution is -2.37. The molecule has 0 saturated carbocycles. The summed E-state index contributed by atoms with van der Waals surface area (Å²) in [5.74, 6) is 0.0885. The second-order valence-corrected chi connectivity index (χ2v) is 9.41. The van der Waals surface area contributed by atoms with Gasteiger partial charge in [0, 0.05) is 11.3 Å². The van der Waals surface area contributed by atoms with Gasteiger partial charge in [-0.15, -0.1) is 0 Å². The molecule has 1 aromatic carbocycles. The Labute approximate surface area is 144 Å². The second kappa shape index (κ2) is 6.01. The van der Waals surface area contributed by atoms with E-state index in [0.717, 1.165) is 35.3 Å². The molecule has 0 amide bonds. The molecule has 0 saturated heterocycles. The van der Waals surface area contributed by atoms with Gasteiger partial charge in [-0.05, 0) is 43.7 Å². The lowest BCUT2D eigenvalue weighted by Gasteiger charge is -2.35. The van der Waals surface area contributed by atoms with Crippen molar-refractivity contribution in [2.24, 2.45) is 5.41 Å². The Kier molecular flexibility index (Phi) is 4.30. The lowest BCUT2D eigenvalue weighted by atomic mass is 9.74. The summed E-state index contributed by atoms with van der Waals surface area (Å²) >= 11 is 0. The molecule has 1 atom stereocenters. The number of hydrogen-bond acceptors (Lipinski definition) is 3. The fourth-order valence-corrected chi connectivity index (χ4v) is 4.27. The van der Waals surface area contributed by atoms with E-state index in [4.69, 9.17) is 0 Å². The molecule has 1 heterocycles. The van der Waals surface area contributed by atoms with Gasteiger partial charge in [0.05, 0.1) is 23.7 Å². The maximum atomic E-state index is 12.1. The van der Waals surface area contributed by atoms with Crippen LogP contribution in [-0.2, 0) is 16.4 Å². The molecule has 130 valence electrons. The van der Waals surface area contributed by atoms with Crippen molar-refractivity contribution in [3.63, 3.8) is 0 Å². The highest BCUT2D eigenvalue weighted by atomic mass is 32.2. The van der Waals surface area contributed by atoms with E-state index in [1.807, 2.05) is 23.0 Å². The van der Waals surface area contributed by atoms with Gasteiger partial charge in [0.15, 0.2) is 0 Å². The van der Waals surface area contributed by atoms with E-state index in [1.165, 1.54) is 0 Å². The van der Waals surface area contributed by atoms with Crippen LogP contribution in [0.5, 0.6) is 0 Å². The van der Waals surface area contributed by atoms with Crippen molar-refractivity contribution < 1.29 is 8.42 Å². The maximum absolute atomic E-state index is 12.1. The van der Waals surface area contributed by atoms with E-state index in [9.17, 15) is 8.42 Å². The van der Waals surface area contributed by atoms with E-state index in [2.05, 4.69) is 42.7 Å². The SMILES string of the molecule is CCS(=O)(=O)N[C@H]1CC(C)(C)Cc2c1cnn2-c1ccccc1C. The number of hydrogen-bond donors (Lipinski definition) is 1. The Hall–Kier alpha value is -1.66. The Morgan fingerprint density at radius 2 is 2.04 bits per heavy atom. The van der Waals surface area contributed by atoms with E-state index in [0.29, 0.717) is 0 Å². The molecular weight excluding hydrogens is 322 g/mol. The van der Waals surface area contributed by atoms with E-state index in [1.54, 1.807) is 6.92 Å². The number of aryl methyl sites for hydroxylation is 1. The fourth-order valence-electron chi connectivity index (χ4n) is 3.46. The summed E-state index contributed by atoms with van der Waals surface area (Å²) in [5.41, 5.74) is 4.30. The fraction of sp³-hybridized carbons (Fsp3) is 0.500. The highest BCUT2D eigenvalue weighted by molar-refractivity contribution is 7.89. The van der Waals surface area contributed by atoms with Crippen molar-refractivity contribution in [1.29, 1.82) is 0 Å². The van der Waals surface area contributed by atoms with E-state index >= 15 is 0 Å². The average Bonchev–Trinajstić information content (AvgIpc) is 2.90. The van der Waals surface area contributed by atoms with Crippen molar-refractivity contribution in [1.82, 2.24) is 14.5 Å². The van der Waals surface area contributed by atoms with Crippen LogP contribution in [0.1, 0.15) is 50.1 Å². The molecule has 0 spiro atoms. The predicted octanol–water partition coefficient (Wildman–Crippen LogP) is 3.13. The molecule has 2 aromatic rings. The maximum Gasteiger partial charge on any atom is 0.211 e. The number of sulfonamides is 1. The average molecular weight is 347 g/mol. The van der Waals surface area contributed by atoms with Crippen molar-refractivity contribution >= 4 is 10.0 Å². The van der Waals surface area contributed by atoms with Crippen LogP contribution in [0.4, 0.5) is 0 Å². The quantitative estimate of drug-likeness (QED) is 0.924. The van der Waals surface area contributed by atoms with Crippen LogP contribution >= 0.6 is 0 Å². The minimum atomic E-state index is -3.26. The molecular formula is C18H25N3O2S. The van der Waals surface area contributed by atoms with Crippen LogP contribution in [0.25, 0.3) is 5.69 Å². The second-order valence-electron chi connectivity index (χ2n) is 7.36. The number of nitrogens with one attached hydrogen (secondary N) is 1. The van der Waals surface area contributed by atoms with Crippen LogP contribution in [0.15, 0.2) is 30.5 Å². The number of nitrogens with zero attached hydrogens (tertiary/aromatic N) is 2. The summed E-state index contributed by atoms with van der Waals surface area (Å²) < 4.78 is 29.0. The molecule has 1 aliphatic rings. The summed E-state index contributed by atoms with van der Waals surface area (Å²) in [6.45, 7) is 8.08. The van der Waals surface area contributed by atoms with Gasteiger partial charge in [0.1, 0.15) is 0 Å². The van der Waals surface area contributed by atoms with Crippen LogP contribution in [0.2, 0.25) is 0 Å². The highest BCUT2D eigenvalue weighted by Gasteiger charge is 2.36. The number of fused-ring (bicyclic) bond motifs is 1. The molecule has 1 N–H and O–H groups in total. The molecule has 24 heavy (non-hydrogen) atoms. The van der Waals surface area contributed by atoms with Gasteiger partial charge < -0.3 is 0 Å². The van der Waals surface area contributed by atoms with E-state index < -0.39 is 10.0 Å². The third-order valence-corrected chi connectivity index (χ3v) is 6.13. The smallest absolute Gasteiger partial charge is 0.211 e. The number of aromatic nitrogens is 2. The van der Waals surface area contributed by atoms with Gasteiger partial charge in [-0.1, -0.05) is 32.0 Å². The van der Waals surface area contributed by atoms with Crippen molar-refractivity contribution in [2.75, 3.05) is 5.75 Å². The van der Waals surface area contributed by atoms with Crippen LogP contribution < -0.4 is 4.72 Å². The van der Waals surface area contributed by atoms with Crippen LogP contribution in [-0.4, -0.2) is 24.0 Å². The summed E-state index contributed by atoms with van der Waals surface area (Å²) in [6, 6.07) is 7.91. The molecule has 0 bridgehead atoms. The first kappa shape index (κ1) is 17.2. The molecule has 1 aliphatic carbocycles. The molecule has 0 radical (unpaired) electrons. The molecule has 3 rings (SSSR count). The normalized spacial score (nSPS) is 19.9. The third kappa shape index (κ3) is 3.26. The molecule has 0 aliphatic heterocycles. The zero-order chi connectivity index (χ0) is 17.5. The van der Waals surface area contributed by atoms with Crippen molar-refractivity contribution in [3.8, 4) is 5.69 Å². The Morgan fingerprint density at radius 3 is 2.71 bits per heavy atom. The largest absolute Gasteiger partial charge is 0.237 e. The Bertz CT molecular complexity index is 853. The molecule has 1 aromatic heterocycles. The van der Waals surface area contributed by atoms with Gasteiger partial charge in [-0.3, -0.25) is 0 Å². The van der Waals surface area contributed by atoms with Gasteiger partial charge in [-0.25, -0.2) is 17.8 Å². The summed E-state index contributed by atoms with van der Waals surface area (Å²) in [4.78, 5) is 0. The molecule has 0 fully saturated rings. The number of benzene rings is 1. The number of rotatable bonds is 4. The zero-order valence-electron chi connectivity index (χ0n) is 14.7. The van der Waals surface area contributed by atoms with Gasteiger partial charge in [0.25, 0.3) is 0 Å². The molecule has 6 heteroatoms. The Morgan fingerprint density at radius 1 is 1.33 bits per heavy atom. The highest BCUT2D eigenvalue weighted by Crippen LogP contribution is 2.41. The molecule has 5 nitrogen and oxygen atoms in total. The minimum Gasteiger partial charge on any atom is -0.237 e. The molecule has 0 unspecified atom stereocenters. The van der Waals surface area contributed by atoms with Gasteiger partial charge in [-0.2, -0.15) is 5.10 Å². The first-order valence-electron chi connectivity index (χ1n) is 8.35. The Balaban J connectivity index is 2.08. The topological polar surface area (TPSA) is 64.0 Å². The van der Waals surface area contributed by atoms with Crippen LogP contribution in [0.3, 0.4) is 0 Å². The summed E-state index contributed by atoms with van der Waals surface area (Å²) in [7, 11) is -3.26. The third-order valence-electron chi connectivity index (χ3n) is 4.72. The van der Waals surface area contributed by atoms with Crippen molar-refractivity contribution in [2.45, 2.75) is 46.6 Å². The van der Waals surface area contributed by atoms with E-state index in [-0.39, 0.29) is 17.2 Å². The standard InChI is InChI=1S/C18H25N3O2S/c1-5-24(22,23)20-15-10-18(3,4)11-17-14(15)12-19-21(17)16-9-7-6-8-13(16)2/h6-9,12,15,20H,5,10-11H2,1-4H3/t15-/m0/s1. The van der Waals surface area contributed by atoms with Crippen molar-refractivity contribution in [3.05, 3.63) is 47.3 Å². The zero-order valence-corrected chi connectivity index (χ0v) is 15.5. The summed E-state index contributed by atoms with van der Waals surface area (Å²) in [5, 5.41) is 4.58. The summed E-state index contributed by atoms with van der Waals surface area (Å²) in [6.07, 6.45) is 3.47. The lowest BCUT2D eigenvalue weighted by molar-refractivity contribution is 0.268. The monoisotopic (exact) mass is 347 g/mol.